The van der Waals surface area contributed by atoms with E-state index in [1.807, 2.05) is 30.3 Å². The third-order valence-electron chi connectivity index (χ3n) is 4.00. The van der Waals surface area contributed by atoms with Gasteiger partial charge in [0.05, 0.1) is 17.9 Å². The highest BCUT2D eigenvalue weighted by Gasteiger charge is 2.15. The Morgan fingerprint density at radius 1 is 0.964 bits per heavy atom. The van der Waals surface area contributed by atoms with Crippen molar-refractivity contribution in [1.29, 1.82) is 0 Å². The number of nitrogens with one attached hydrogen (secondary N) is 2. The van der Waals surface area contributed by atoms with Gasteiger partial charge in [-0.05, 0) is 35.9 Å². The van der Waals surface area contributed by atoms with Gasteiger partial charge in [0, 0.05) is 17.6 Å². The van der Waals surface area contributed by atoms with Gasteiger partial charge >= 0.3 is 0 Å². The molecule has 0 aliphatic heterocycles. The van der Waals surface area contributed by atoms with Crippen molar-refractivity contribution in [3.05, 3.63) is 92.8 Å². The number of pyridine rings is 1. The topological polar surface area (TPSA) is 80.2 Å². The summed E-state index contributed by atoms with van der Waals surface area (Å²) in [5.41, 5.74) is 1.44. The summed E-state index contributed by atoms with van der Waals surface area (Å²) in [6.45, 7) is 1.75. The number of rotatable bonds is 5. The molecule has 0 radical (unpaired) electrons. The molecule has 3 rings (SSSR count). The number of amides is 2. The van der Waals surface area contributed by atoms with E-state index < -0.39 is 5.91 Å². The molecule has 0 unspecified atom stereocenters. The summed E-state index contributed by atoms with van der Waals surface area (Å²) in [4.78, 5) is 36.9. The summed E-state index contributed by atoms with van der Waals surface area (Å²) in [7, 11) is 0. The molecule has 6 nitrogen and oxygen atoms in total. The Morgan fingerprint density at radius 2 is 1.71 bits per heavy atom. The monoisotopic (exact) mass is 439 g/mol. The van der Waals surface area contributed by atoms with Crippen LogP contribution in [0.4, 0.5) is 11.4 Å². The summed E-state index contributed by atoms with van der Waals surface area (Å²) in [6, 6.07) is 17.7. The predicted molar refractivity (Wildman–Crippen MR) is 113 cm³/mol. The molecule has 0 fully saturated rings. The zero-order valence-corrected chi connectivity index (χ0v) is 16.7. The highest BCUT2D eigenvalue weighted by molar-refractivity contribution is 9.10. The fourth-order valence-corrected chi connectivity index (χ4v) is 3.08. The first-order chi connectivity index (χ1) is 13.4. The highest BCUT2D eigenvalue weighted by Crippen LogP contribution is 2.26. The summed E-state index contributed by atoms with van der Waals surface area (Å²) < 4.78 is 2.21. The van der Waals surface area contributed by atoms with Gasteiger partial charge in [0.25, 0.3) is 11.5 Å². The molecule has 0 atom stereocenters. The SMILES string of the molecule is CC(=O)Nc1ccc(Br)cc1NC(=O)c1cccn(Cc2ccccc2)c1=O. The van der Waals surface area contributed by atoms with Crippen LogP contribution in [0.2, 0.25) is 0 Å². The zero-order chi connectivity index (χ0) is 20.1. The van der Waals surface area contributed by atoms with Crippen LogP contribution < -0.4 is 16.2 Å². The van der Waals surface area contributed by atoms with E-state index in [2.05, 4.69) is 26.6 Å². The number of nitrogens with zero attached hydrogens (tertiary/aromatic N) is 1. The molecule has 0 aliphatic carbocycles. The quantitative estimate of drug-likeness (QED) is 0.632. The second-order valence-electron chi connectivity index (χ2n) is 6.17. The maximum atomic E-state index is 12.8. The van der Waals surface area contributed by atoms with Crippen LogP contribution in [0.5, 0.6) is 0 Å². The first kappa shape index (κ1) is 19.6. The molecule has 1 aromatic heterocycles. The van der Waals surface area contributed by atoms with Gasteiger partial charge in [-0.1, -0.05) is 46.3 Å². The number of benzene rings is 2. The standard InChI is InChI=1S/C21H18BrN3O3/c1-14(26)23-18-10-9-16(22)12-19(18)24-20(27)17-8-5-11-25(21(17)28)13-15-6-3-2-4-7-15/h2-12H,13H2,1H3,(H,23,26)(H,24,27). The van der Waals surface area contributed by atoms with Crippen LogP contribution in [0, 0.1) is 0 Å². The number of anilines is 2. The molecule has 3 aromatic rings. The molecular weight excluding hydrogens is 422 g/mol. The van der Waals surface area contributed by atoms with E-state index in [0.29, 0.717) is 17.9 Å². The number of hydrogen-bond donors (Lipinski definition) is 2. The van der Waals surface area contributed by atoms with Crippen LogP contribution >= 0.6 is 15.9 Å². The van der Waals surface area contributed by atoms with Crippen LogP contribution in [0.25, 0.3) is 0 Å². The van der Waals surface area contributed by atoms with Crippen molar-refractivity contribution in [2.75, 3.05) is 10.6 Å². The molecule has 7 heteroatoms. The second-order valence-corrected chi connectivity index (χ2v) is 7.08. The van der Waals surface area contributed by atoms with Gasteiger partial charge < -0.3 is 15.2 Å². The highest BCUT2D eigenvalue weighted by atomic mass is 79.9. The maximum Gasteiger partial charge on any atom is 0.263 e. The lowest BCUT2D eigenvalue weighted by atomic mass is 10.2. The van der Waals surface area contributed by atoms with Gasteiger partial charge in [-0.3, -0.25) is 14.4 Å². The van der Waals surface area contributed by atoms with Crippen molar-refractivity contribution in [2.24, 2.45) is 0 Å². The normalized spacial score (nSPS) is 10.4. The van der Waals surface area contributed by atoms with Gasteiger partial charge in [-0.2, -0.15) is 0 Å². The van der Waals surface area contributed by atoms with Crippen molar-refractivity contribution in [2.45, 2.75) is 13.5 Å². The van der Waals surface area contributed by atoms with Crippen molar-refractivity contribution in [1.82, 2.24) is 4.57 Å². The number of hydrogen-bond acceptors (Lipinski definition) is 3. The van der Waals surface area contributed by atoms with E-state index >= 15 is 0 Å². The zero-order valence-electron chi connectivity index (χ0n) is 15.1. The third kappa shape index (κ3) is 4.75. The van der Waals surface area contributed by atoms with Gasteiger partial charge in [0.1, 0.15) is 5.56 Å². The largest absolute Gasteiger partial charge is 0.325 e. The van der Waals surface area contributed by atoms with Crippen molar-refractivity contribution in [3.63, 3.8) is 0 Å². The molecule has 28 heavy (non-hydrogen) atoms. The van der Waals surface area contributed by atoms with Gasteiger partial charge in [0.15, 0.2) is 0 Å². The second kappa shape index (κ2) is 8.67. The van der Waals surface area contributed by atoms with Gasteiger partial charge in [0.2, 0.25) is 5.91 Å². The van der Waals surface area contributed by atoms with E-state index in [4.69, 9.17) is 0 Å². The average molecular weight is 440 g/mol. The lowest BCUT2D eigenvalue weighted by molar-refractivity contribution is -0.114. The number of halogens is 1. The maximum absolute atomic E-state index is 12.8. The van der Waals surface area contributed by atoms with E-state index in [1.165, 1.54) is 17.6 Å². The minimum absolute atomic E-state index is 0.0205. The smallest absolute Gasteiger partial charge is 0.263 e. The van der Waals surface area contributed by atoms with Gasteiger partial charge in [-0.15, -0.1) is 0 Å². The van der Waals surface area contributed by atoms with Crippen LogP contribution in [0.3, 0.4) is 0 Å². The van der Waals surface area contributed by atoms with Crippen molar-refractivity contribution < 1.29 is 9.59 Å². The molecule has 2 amide bonds. The van der Waals surface area contributed by atoms with E-state index in [1.54, 1.807) is 30.5 Å². The fraction of sp³-hybridized carbons (Fsp3) is 0.0952. The first-order valence-corrected chi connectivity index (χ1v) is 9.35. The fourth-order valence-electron chi connectivity index (χ4n) is 2.72. The molecule has 0 saturated heterocycles. The number of aromatic nitrogens is 1. The molecule has 142 valence electrons. The number of carbonyl (C=O) groups excluding carboxylic acids is 2. The molecule has 0 saturated carbocycles. The van der Waals surface area contributed by atoms with E-state index in [-0.39, 0.29) is 17.0 Å². The summed E-state index contributed by atoms with van der Waals surface area (Å²) >= 11 is 3.34. The Morgan fingerprint density at radius 3 is 2.43 bits per heavy atom. The molecule has 2 aromatic carbocycles. The minimum atomic E-state index is -0.544. The molecular formula is C21H18BrN3O3. The predicted octanol–water partition coefficient (Wildman–Crippen LogP) is 3.87. The Labute approximate surface area is 170 Å². The molecule has 0 aliphatic rings. The minimum Gasteiger partial charge on any atom is -0.325 e. The summed E-state index contributed by atoms with van der Waals surface area (Å²) in [6.07, 6.45) is 1.65. The van der Waals surface area contributed by atoms with E-state index in [0.717, 1.165) is 10.0 Å². The third-order valence-corrected chi connectivity index (χ3v) is 4.49. The Bertz CT molecular complexity index is 1080. The summed E-state index contributed by atoms with van der Waals surface area (Å²) in [5.74, 6) is -0.806. The van der Waals surface area contributed by atoms with Crippen molar-refractivity contribution in [3.8, 4) is 0 Å². The Balaban J connectivity index is 1.88. The molecule has 1 heterocycles. The van der Waals surface area contributed by atoms with Crippen LogP contribution in [-0.4, -0.2) is 16.4 Å². The van der Waals surface area contributed by atoms with Crippen molar-refractivity contribution >= 4 is 39.1 Å². The van der Waals surface area contributed by atoms with Gasteiger partial charge in [-0.25, -0.2) is 0 Å². The molecule has 0 spiro atoms. The Kier molecular flexibility index (Phi) is 6.06. The number of carbonyl (C=O) groups is 2. The molecule has 0 bridgehead atoms. The first-order valence-electron chi connectivity index (χ1n) is 8.56. The van der Waals surface area contributed by atoms with E-state index in [9.17, 15) is 14.4 Å². The van der Waals surface area contributed by atoms with Crippen LogP contribution in [0.15, 0.2) is 76.1 Å². The van der Waals surface area contributed by atoms with Crippen LogP contribution in [0.1, 0.15) is 22.8 Å². The average Bonchev–Trinajstić information content (AvgIpc) is 2.66. The molecule has 2 N–H and O–H groups in total. The Hall–Kier alpha value is -3.19. The lowest BCUT2D eigenvalue weighted by Gasteiger charge is -2.13. The lowest BCUT2D eigenvalue weighted by Crippen LogP contribution is -2.29. The van der Waals surface area contributed by atoms with Crippen LogP contribution in [-0.2, 0) is 11.3 Å². The summed E-state index contributed by atoms with van der Waals surface area (Å²) in [5, 5.41) is 5.37.